The Kier molecular flexibility index (Phi) is 13.1. The average molecular weight is 556 g/mol. The van der Waals surface area contributed by atoms with E-state index < -0.39 is 17.8 Å². The number of nitrogens with two attached hydrogens (primary N) is 2. The third-order valence-corrected chi connectivity index (χ3v) is 5.10. The molecule has 198 valence electrons. The van der Waals surface area contributed by atoms with Gasteiger partial charge in [0.1, 0.15) is 0 Å². The first-order valence-electron chi connectivity index (χ1n) is 11.5. The van der Waals surface area contributed by atoms with E-state index in [1.54, 1.807) is 6.07 Å². The Balaban J connectivity index is 0.000000756. The van der Waals surface area contributed by atoms with E-state index in [9.17, 15) is 9.59 Å². The van der Waals surface area contributed by atoms with Crippen LogP contribution in [0.15, 0.2) is 23.4 Å². The summed E-state index contributed by atoms with van der Waals surface area (Å²) < 4.78 is 0. The second kappa shape index (κ2) is 16.0. The molecule has 2 aliphatic carbocycles. The zero-order valence-electron chi connectivity index (χ0n) is 20.7. The summed E-state index contributed by atoms with van der Waals surface area (Å²) in [5, 5.41) is 7.43. The van der Waals surface area contributed by atoms with Gasteiger partial charge in [-0.25, -0.2) is 4.79 Å². The van der Waals surface area contributed by atoms with E-state index in [-0.39, 0.29) is 41.7 Å². The molecule has 2 fully saturated rings. The van der Waals surface area contributed by atoms with Crippen molar-refractivity contribution in [2.75, 3.05) is 18.0 Å². The van der Waals surface area contributed by atoms with Gasteiger partial charge in [0.15, 0.2) is 5.91 Å². The van der Waals surface area contributed by atoms with Gasteiger partial charge in [-0.2, -0.15) is 0 Å². The molecule has 0 atom stereocenters. The van der Waals surface area contributed by atoms with Crippen molar-refractivity contribution < 1.29 is 31.5 Å². The first-order valence-corrected chi connectivity index (χ1v) is 11.5. The predicted molar refractivity (Wildman–Crippen MR) is 143 cm³/mol. The number of guanidine groups is 1. The summed E-state index contributed by atoms with van der Waals surface area (Å²) in [5.74, 6) is -0.796. The second-order valence-electron chi connectivity index (χ2n) is 7.83. The third kappa shape index (κ3) is 9.98. The fraction of sp³-hybridized carbons (Fsp3) is 0.192. The Morgan fingerprint density at radius 3 is 2.29 bits per heavy atom. The summed E-state index contributed by atoms with van der Waals surface area (Å²) in [6.45, 7) is 3.60. The van der Waals surface area contributed by atoms with Crippen molar-refractivity contribution in [1.82, 2.24) is 9.97 Å². The Morgan fingerprint density at radius 1 is 1.03 bits per heavy atom. The summed E-state index contributed by atoms with van der Waals surface area (Å²) in [6, 6.07) is 5.54. The van der Waals surface area contributed by atoms with Crippen LogP contribution in [0.25, 0.3) is 22.0 Å². The van der Waals surface area contributed by atoms with Gasteiger partial charge in [-0.1, -0.05) is 5.82 Å². The maximum Gasteiger partial charge on any atom is 2.00 e. The fourth-order valence-electron chi connectivity index (χ4n) is 3.32. The molecule has 12 heteroatoms. The quantitative estimate of drug-likeness (QED) is 0.155. The Bertz CT molecular complexity index is 1080. The number of aromatic nitrogens is 2. The number of carbonyl (C=O) groups excluding carboxylic acids is 2. The van der Waals surface area contributed by atoms with Gasteiger partial charge in [-0.15, -0.1) is 0 Å². The smallest absolute Gasteiger partial charge is 0.482 e. The van der Waals surface area contributed by atoms with Crippen LogP contribution in [0.1, 0.15) is 19.8 Å². The molecule has 0 spiro atoms. The number of nitrogens with one attached hydrogen (secondary N) is 1. The first-order chi connectivity index (χ1) is 17.9. The zero-order valence-corrected chi connectivity index (χ0v) is 21.8. The van der Waals surface area contributed by atoms with Crippen LogP contribution < -0.4 is 16.4 Å². The van der Waals surface area contributed by atoms with Crippen LogP contribution in [0, 0.1) is 63.7 Å². The minimum Gasteiger partial charge on any atom is -0.482 e. The minimum absolute atomic E-state index is 0. The number of anilines is 1. The SMILES string of the molecule is CCN(C[C]1[CH][CH][CH][CH]1)c1ccc2nc([N-]C(=O)CCC(=O)ON=C(N)N)nc([NH-])c2c1.[CH]1[CH][CH][CH][CH]1.[Fe+2]. The summed E-state index contributed by atoms with van der Waals surface area (Å²) in [7, 11) is 0. The largest absolute Gasteiger partial charge is 2.00 e. The Hall–Kier alpha value is -3.11. The van der Waals surface area contributed by atoms with Gasteiger partial charge >= 0.3 is 23.0 Å². The van der Waals surface area contributed by atoms with E-state index in [0.29, 0.717) is 10.9 Å². The van der Waals surface area contributed by atoms with E-state index in [4.69, 9.17) is 17.2 Å². The van der Waals surface area contributed by atoms with Crippen LogP contribution >= 0.6 is 0 Å². The maximum absolute atomic E-state index is 12.0. The number of rotatable bonds is 9. The van der Waals surface area contributed by atoms with Gasteiger partial charge in [-0.05, 0) is 105 Å². The van der Waals surface area contributed by atoms with Crippen LogP contribution in [-0.2, 0) is 31.5 Å². The third-order valence-electron chi connectivity index (χ3n) is 5.10. The van der Waals surface area contributed by atoms with Gasteiger partial charge in [0.25, 0.3) is 0 Å². The zero-order chi connectivity index (χ0) is 26.6. The van der Waals surface area contributed by atoms with Crippen molar-refractivity contribution >= 4 is 46.2 Å². The summed E-state index contributed by atoms with van der Waals surface area (Å²) in [6.07, 6.45) is 17.6. The van der Waals surface area contributed by atoms with Crippen LogP contribution in [0.5, 0.6) is 0 Å². The molecule has 1 heterocycles. The number of fused-ring (bicyclic) bond motifs is 1. The van der Waals surface area contributed by atoms with Crippen LogP contribution in [0.4, 0.5) is 17.5 Å². The number of benzene rings is 1. The van der Waals surface area contributed by atoms with Crippen LogP contribution in [-0.4, -0.2) is 40.9 Å². The topological polar surface area (TPSA) is 175 Å². The number of hydrogen-bond donors (Lipinski definition) is 2. The molecule has 2 aliphatic rings. The number of hydrogen-bond acceptors (Lipinski definition) is 7. The van der Waals surface area contributed by atoms with Crippen molar-refractivity contribution in [1.29, 1.82) is 0 Å². The number of oxime groups is 1. The predicted octanol–water partition coefficient (Wildman–Crippen LogP) is 3.61. The van der Waals surface area contributed by atoms with Crippen molar-refractivity contribution in [2.45, 2.75) is 19.8 Å². The fourth-order valence-corrected chi connectivity index (χ4v) is 3.32. The molecule has 11 nitrogen and oxygen atoms in total. The molecule has 0 saturated heterocycles. The minimum atomic E-state index is -0.780. The van der Waals surface area contributed by atoms with E-state index in [1.807, 2.05) is 57.1 Å². The van der Waals surface area contributed by atoms with E-state index in [1.165, 1.54) is 5.92 Å². The molecular formula is C26H28FeN8O3. The maximum atomic E-state index is 12.0. The number of amides is 1. The Morgan fingerprint density at radius 2 is 1.68 bits per heavy atom. The molecule has 0 aliphatic heterocycles. The van der Waals surface area contributed by atoms with Gasteiger partial charge < -0.3 is 42.2 Å². The van der Waals surface area contributed by atoms with Crippen molar-refractivity contribution in [3.05, 3.63) is 93.0 Å². The molecule has 5 N–H and O–H groups in total. The summed E-state index contributed by atoms with van der Waals surface area (Å²) in [4.78, 5) is 38.3. The molecule has 0 unspecified atom stereocenters. The van der Waals surface area contributed by atoms with Gasteiger partial charge in [0.2, 0.25) is 5.96 Å². The molecule has 38 heavy (non-hydrogen) atoms. The summed E-state index contributed by atoms with van der Waals surface area (Å²) >= 11 is 0. The van der Waals surface area contributed by atoms with Crippen molar-refractivity contribution in [2.24, 2.45) is 16.6 Å². The molecule has 1 amide bonds. The molecule has 10 radical (unpaired) electrons. The average Bonchev–Trinajstić information content (AvgIpc) is 3.62. The van der Waals surface area contributed by atoms with Gasteiger partial charge in [-0.3, -0.25) is 4.79 Å². The monoisotopic (exact) mass is 556 g/mol. The van der Waals surface area contributed by atoms with Crippen molar-refractivity contribution in [3.8, 4) is 0 Å². The molecular weight excluding hydrogens is 528 g/mol. The van der Waals surface area contributed by atoms with Gasteiger partial charge in [0.05, 0.1) is 6.42 Å². The summed E-state index contributed by atoms with van der Waals surface area (Å²) in [5.41, 5.74) is 19.8. The van der Waals surface area contributed by atoms with E-state index in [2.05, 4.69) is 49.9 Å². The molecule has 2 aromatic rings. The Labute approximate surface area is 234 Å². The van der Waals surface area contributed by atoms with Gasteiger partial charge in [0, 0.05) is 31.1 Å². The standard InChI is InChI=1S/C21H24N8O3.C5H5.Fe/c1-2-29(12-13-5-3-4-6-13)14-7-8-16-15(11-14)19(22)27-21(25-16)26-17(30)9-10-18(31)32-28-20(23)24;1-2-4-5-3-1;/h3-8,11H,2,9-10,12H2,1H3,(H6-,22,23,24,25,26,27,28,30);1-5H;/q-1;;+2/p-1. The molecule has 2 saturated carbocycles. The number of nitrogens with zero attached hydrogens (tertiary/aromatic N) is 5. The molecule has 4 rings (SSSR count). The van der Waals surface area contributed by atoms with Crippen molar-refractivity contribution in [3.63, 3.8) is 0 Å². The molecule has 1 aromatic carbocycles. The van der Waals surface area contributed by atoms with E-state index in [0.717, 1.165) is 18.8 Å². The van der Waals surface area contributed by atoms with Crippen LogP contribution in [0.3, 0.4) is 0 Å². The molecule has 1 aromatic heterocycles. The van der Waals surface area contributed by atoms with Crippen LogP contribution in [0.2, 0.25) is 0 Å². The molecule has 0 bridgehead atoms. The second-order valence-corrected chi connectivity index (χ2v) is 7.83. The number of carbonyl (C=O) groups is 2. The first kappa shape index (κ1) is 31.1. The normalized spacial score (nSPS) is 14.7. The van der Waals surface area contributed by atoms with E-state index >= 15 is 0 Å².